The Morgan fingerprint density at radius 3 is 2.84 bits per heavy atom. The van der Waals surface area contributed by atoms with Crippen LogP contribution in [0.1, 0.15) is 15.9 Å². The number of nitrogens with zero attached hydrogens (tertiary/aromatic N) is 2. The van der Waals surface area contributed by atoms with Crippen molar-refractivity contribution in [3.8, 4) is 0 Å². The average Bonchev–Trinajstić information content (AvgIpc) is 2.74. The van der Waals surface area contributed by atoms with Gasteiger partial charge in [-0.1, -0.05) is 23.5 Å². The predicted octanol–water partition coefficient (Wildman–Crippen LogP) is 3.37. The Morgan fingerprint density at radius 1 is 1.53 bits per heavy atom. The number of hydrogen-bond donors (Lipinski definition) is 1. The van der Waals surface area contributed by atoms with Crippen LogP contribution in [0.15, 0.2) is 28.2 Å². The van der Waals surface area contributed by atoms with E-state index >= 15 is 0 Å². The van der Waals surface area contributed by atoms with Crippen LogP contribution in [-0.2, 0) is 0 Å². The number of halogens is 1. The van der Waals surface area contributed by atoms with Crippen molar-refractivity contribution < 1.29 is 9.72 Å². The highest BCUT2D eigenvalue weighted by Gasteiger charge is 2.22. The van der Waals surface area contributed by atoms with Crippen LogP contribution in [0.3, 0.4) is 0 Å². The molecular weight excluding hydrogens is 334 g/mol. The van der Waals surface area contributed by atoms with Gasteiger partial charge in [0.1, 0.15) is 5.56 Å². The lowest BCUT2D eigenvalue weighted by atomic mass is 10.1. The van der Waals surface area contributed by atoms with E-state index in [0.717, 1.165) is 3.79 Å². The van der Waals surface area contributed by atoms with E-state index in [2.05, 4.69) is 26.2 Å². The first-order chi connectivity index (χ1) is 8.99. The maximum atomic E-state index is 12.1. The molecule has 0 fully saturated rings. The highest BCUT2D eigenvalue weighted by molar-refractivity contribution is 9.11. The zero-order valence-electron chi connectivity index (χ0n) is 9.71. The minimum Gasteiger partial charge on any atom is -0.298 e. The monoisotopic (exact) mass is 341 g/mol. The Balaban J connectivity index is 2.36. The Labute approximate surface area is 120 Å². The number of hydrogen-bond acceptors (Lipinski definition) is 5. The molecule has 1 N–H and O–H groups in total. The van der Waals surface area contributed by atoms with E-state index in [1.807, 2.05) is 0 Å². The van der Waals surface area contributed by atoms with Crippen LogP contribution in [0.4, 0.5) is 10.8 Å². The Kier molecular flexibility index (Phi) is 3.91. The predicted molar refractivity (Wildman–Crippen MR) is 75.6 cm³/mol. The van der Waals surface area contributed by atoms with Gasteiger partial charge in [0.2, 0.25) is 0 Å². The Bertz CT molecular complexity index is 656. The van der Waals surface area contributed by atoms with E-state index in [4.69, 9.17) is 0 Å². The summed E-state index contributed by atoms with van der Waals surface area (Å²) < 4.78 is 0.766. The average molecular weight is 342 g/mol. The van der Waals surface area contributed by atoms with Crippen LogP contribution in [0, 0.1) is 17.0 Å². The molecule has 19 heavy (non-hydrogen) atoms. The number of thiazole rings is 1. The van der Waals surface area contributed by atoms with Crippen LogP contribution in [0.2, 0.25) is 0 Å². The van der Waals surface area contributed by atoms with Gasteiger partial charge in [-0.2, -0.15) is 0 Å². The lowest BCUT2D eigenvalue weighted by Crippen LogP contribution is -2.15. The maximum Gasteiger partial charge on any atom is 0.282 e. The zero-order valence-corrected chi connectivity index (χ0v) is 12.1. The van der Waals surface area contributed by atoms with Gasteiger partial charge >= 0.3 is 0 Å². The number of anilines is 1. The van der Waals surface area contributed by atoms with Gasteiger partial charge in [-0.25, -0.2) is 4.98 Å². The molecule has 2 rings (SSSR count). The lowest BCUT2D eigenvalue weighted by molar-refractivity contribution is -0.385. The highest BCUT2D eigenvalue weighted by atomic mass is 79.9. The van der Waals surface area contributed by atoms with E-state index in [1.165, 1.54) is 17.4 Å². The van der Waals surface area contributed by atoms with Crippen LogP contribution in [0.25, 0.3) is 0 Å². The molecule has 1 amide bonds. The largest absolute Gasteiger partial charge is 0.298 e. The first kappa shape index (κ1) is 13.6. The molecular formula is C11H8BrN3O3S. The number of benzene rings is 1. The summed E-state index contributed by atoms with van der Waals surface area (Å²) in [4.78, 5) is 26.4. The van der Waals surface area contributed by atoms with Crippen molar-refractivity contribution in [2.45, 2.75) is 6.92 Å². The first-order valence-corrected chi connectivity index (χ1v) is 6.76. The third-order valence-corrected chi connectivity index (χ3v) is 3.76. The number of nitro groups is 1. The Hall–Kier alpha value is -1.80. The molecule has 8 heteroatoms. The molecule has 0 unspecified atom stereocenters. The van der Waals surface area contributed by atoms with Crippen LogP contribution in [0.5, 0.6) is 0 Å². The second-order valence-electron chi connectivity index (χ2n) is 3.65. The number of nitrogens with one attached hydrogen (secondary N) is 1. The van der Waals surface area contributed by atoms with E-state index in [-0.39, 0.29) is 11.3 Å². The molecule has 98 valence electrons. The van der Waals surface area contributed by atoms with E-state index in [0.29, 0.717) is 10.7 Å². The van der Waals surface area contributed by atoms with Crippen LogP contribution in [-0.4, -0.2) is 15.8 Å². The van der Waals surface area contributed by atoms with Gasteiger partial charge in [-0.05, 0) is 28.4 Å². The molecule has 0 aliphatic carbocycles. The van der Waals surface area contributed by atoms with Crippen molar-refractivity contribution in [2.75, 3.05) is 5.32 Å². The molecule has 2 aromatic rings. The summed E-state index contributed by atoms with van der Waals surface area (Å²) in [7, 11) is 0. The van der Waals surface area contributed by atoms with Gasteiger partial charge in [0.25, 0.3) is 11.6 Å². The second-order valence-corrected chi connectivity index (χ2v) is 6.06. The highest BCUT2D eigenvalue weighted by Crippen LogP contribution is 2.26. The van der Waals surface area contributed by atoms with Gasteiger partial charge < -0.3 is 0 Å². The van der Waals surface area contributed by atoms with Gasteiger partial charge in [0.05, 0.1) is 14.9 Å². The SMILES string of the molecule is Cc1cccc([N+](=O)[O-])c1C(=O)Nc1ncc(Br)s1. The normalized spacial score (nSPS) is 10.2. The van der Waals surface area contributed by atoms with Crippen molar-refractivity contribution in [1.29, 1.82) is 0 Å². The van der Waals surface area contributed by atoms with Gasteiger partial charge in [-0.15, -0.1) is 0 Å². The molecule has 0 aliphatic rings. The van der Waals surface area contributed by atoms with E-state index < -0.39 is 10.8 Å². The number of rotatable bonds is 3. The fourth-order valence-corrected chi connectivity index (χ4v) is 2.67. The summed E-state index contributed by atoms with van der Waals surface area (Å²) in [6, 6.07) is 4.50. The lowest BCUT2D eigenvalue weighted by Gasteiger charge is -2.05. The van der Waals surface area contributed by atoms with Crippen molar-refractivity contribution >= 4 is 44.0 Å². The molecule has 0 saturated heterocycles. The van der Waals surface area contributed by atoms with Gasteiger partial charge in [0, 0.05) is 6.07 Å². The Morgan fingerprint density at radius 2 is 2.26 bits per heavy atom. The number of aryl methyl sites for hydroxylation is 1. The number of amides is 1. The smallest absolute Gasteiger partial charge is 0.282 e. The van der Waals surface area contributed by atoms with Crippen LogP contribution >= 0.6 is 27.3 Å². The summed E-state index contributed by atoms with van der Waals surface area (Å²) in [5.41, 5.74) is 0.384. The molecule has 0 saturated carbocycles. The van der Waals surface area contributed by atoms with Gasteiger partial charge in [-0.3, -0.25) is 20.2 Å². The fourth-order valence-electron chi connectivity index (χ4n) is 1.57. The first-order valence-electron chi connectivity index (χ1n) is 5.15. The summed E-state index contributed by atoms with van der Waals surface area (Å²) in [6.45, 7) is 1.65. The van der Waals surface area contributed by atoms with Crippen molar-refractivity contribution in [2.24, 2.45) is 0 Å². The fraction of sp³-hybridized carbons (Fsp3) is 0.0909. The third kappa shape index (κ3) is 2.96. The number of carbonyl (C=O) groups excluding carboxylic acids is 1. The molecule has 0 radical (unpaired) electrons. The minimum atomic E-state index is -0.570. The quantitative estimate of drug-likeness (QED) is 0.684. The molecule has 0 spiro atoms. The second kappa shape index (κ2) is 5.45. The molecule has 0 aliphatic heterocycles. The topological polar surface area (TPSA) is 85.1 Å². The molecule has 6 nitrogen and oxygen atoms in total. The minimum absolute atomic E-state index is 0.0545. The van der Waals surface area contributed by atoms with E-state index in [1.54, 1.807) is 25.3 Å². The van der Waals surface area contributed by atoms with Crippen LogP contribution < -0.4 is 5.32 Å². The molecule has 1 aromatic heterocycles. The summed E-state index contributed by atoms with van der Waals surface area (Å²) >= 11 is 4.46. The van der Waals surface area contributed by atoms with Gasteiger partial charge in [0.15, 0.2) is 5.13 Å². The van der Waals surface area contributed by atoms with Crippen molar-refractivity contribution in [3.63, 3.8) is 0 Å². The molecule has 0 bridgehead atoms. The third-order valence-electron chi connectivity index (χ3n) is 2.37. The molecule has 0 atom stereocenters. The summed E-state index contributed by atoms with van der Waals surface area (Å²) in [6.07, 6.45) is 1.55. The molecule has 1 aromatic carbocycles. The van der Waals surface area contributed by atoms with Crippen molar-refractivity contribution in [1.82, 2.24) is 4.98 Å². The summed E-state index contributed by atoms with van der Waals surface area (Å²) in [5, 5.41) is 13.9. The maximum absolute atomic E-state index is 12.1. The standard InChI is InChI=1S/C11H8BrN3O3S/c1-6-3-2-4-7(15(17)18)9(6)10(16)14-11-13-5-8(12)19-11/h2-5H,1H3,(H,13,14,16). The van der Waals surface area contributed by atoms with E-state index in [9.17, 15) is 14.9 Å². The number of aromatic nitrogens is 1. The molecule has 1 heterocycles. The summed E-state index contributed by atoms with van der Waals surface area (Å²) in [5.74, 6) is -0.536. The zero-order chi connectivity index (χ0) is 14.0. The number of carbonyl (C=O) groups is 1. The van der Waals surface area contributed by atoms with Crippen molar-refractivity contribution in [3.05, 3.63) is 49.4 Å². The number of nitro benzene ring substituents is 1.